The molecule has 1 N–H and O–H groups in total. The molecule has 0 atom stereocenters. The molecule has 3 rings (SSSR count). The number of rotatable bonds is 2. The summed E-state index contributed by atoms with van der Waals surface area (Å²) in [6, 6.07) is 3.49. The van der Waals surface area contributed by atoms with E-state index in [1.807, 2.05) is 13.0 Å². The van der Waals surface area contributed by atoms with Gasteiger partial charge in [-0.05, 0) is 31.4 Å². The number of aromatic nitrogens is 3. The summed E-state index contributed by atoms with van der Waals surface area (Å²) in [5, 5.41) is 0. The van der Waals surface area contributed by atoms with Gasteiger partial charge in [0.05, 0.1) is 5.69 Å². The van der Waals surface area contributed by atoms with Crippen LogP contribution in [0.15, 0.2) is 29.3 Å². The molecule has 0 unspecified atom stereocenters. The summed E-state index contributed by atoms with van der Waals surface area (Å²) in [6.07, 6.45) is 5.78. The summed E-state index contributed by atoms with van der Waals surface area (Å²) in [4.78, 5) is 23.0. The number of nitrogens with one attached hydrogen (secondary N) is 1. The Kier molecular flexibility index (Phi) is 2.28. The van der Waals surface area contributed by atoms with Crippen molar-refractivity contribution in [2.24, 2.45) is 0 Å². The highest BCUT2D eigenvalue weighted by molar-refractivity contribution is 5.58. The SMILES string of the molecule is Cc1cnccc1-c1nc(C2CC2)cc(=O)[nH]1. The number of nitrogens with zero attached hydrogens (tertiary/aromatic N) is 2. The van der Waals surface area contributed by atoms with Crippen LogP contribution in [-0.4, -0.2) is 15.0 Å². The Balaban J connectivity index is 2.14. The van der Waals surface area contributed by atoms with E-state index in [0.29, 0.717) is 11.7 Å². The Labute approximate surface area is 98.8 Å². The first-order valence-corrected chi connectivity index (χ1v) is 5.76. The predicted octanol–water partition coefficient (Wildman–Crippen LogP) is 2.02. The number of hydrogen-bond donors (Lipinski definition) is 1. The molecule has 86 valence electrons. The van der Waals surface area contributed by atoms with Gasteiger partial charge in [-0.15, -0.1) is 0 Å². The topological polar surface area (TPSA) is 58.6 Å². The molecule has 0 bridgehead atoms. The summed E-state index contributed by atoms with van der Waals surface area (Å²) in [5.74, 6) is 1.14. The van der Waals surface area contributed by atoms with E-state index in [-0.39, 0.29) is 5.56 Å². The van der Waals surface area contributed by atoms with Crippen LogP contribution < -0.4 is 5.56 Å². The number of pyridine rings is 1. The van der Waals surface area contributed by atoms with Crippen LogP contribution in [0.25, 0.3) is 11.4 Å². The smallest absolute Gasteiger partial charge is 0.251 e. The summed E-state index contributed by atoms with van der Waals surface area (Å²) in [5.41, 5.74) is 2.80. The van der Waals surface area contributed by atoms with Crippen LogP contribution in [-0.2, 0) is 0 Å². The molecule has 0 aromatic carbocycles. The second-order valence-corrected chi connectivity index (χ2v) is 4.48. The van der Waals surface area contributed by atoms with Crippen molar-refractivity contribution < 1.29 is 0 Å². The molecule has 1 saturated carbocycles. The van der Waals surface area contributed by atoms with Crippen molar-refractivity contribution in [3.05, 3.63) is 46.1 Å². The fourth-order valence-corrected chi connectivity index (χ4v) is 1.93. The van der Waals surface area contributed by atoms with Crippen molar-refractivity contribution >= 4 is 0 Å². The van der Waals surface area contributed by atoms with Gasteiger partial charge in [-0.25, -0.2) is 4.98 Å². The van der Waals surface area contributed by atoms with Crippen LogP contribution in [0.1, 0.15) is 30.0 Å². The number of hydrogen-bond acceptors (Lipinski definition) is 3. The molecule has 0 aliphatic heterocycles. The molecule has 2 heterocycles. The van der Waals surface area contributed by atoms with Gasteiger partial charge in [0.25, 0.3) is 5.56 Å². The van der Waals surface area contributed by atoms with Crippen molar-refractivity contribution in [2.45, 2.75) is 25.7 Å². The first-order valence-electron chi connectivity index (χ1n) is 5.76. The standard InChI is InChI=1S/C13H13N3O/c1-8-7-14-5-4-10(8)13-15-11(9-2-3-9)6-12(17)16-13/h4-7,9H,2-3H2,1H3,(H,15,16,17). The molecule has 1 aliphatic rings. The van der Waals surface area contributed by atoms with E-state index in [1.165, 1.54) is 0 Å². The molecule has 0 spiro atoms. The fourth-order valence-electron chi connectivity index (χ4n) is 1.93. The third kappa shape index (κ3) is 1.98. The second-order valence-electron chi connectivity index (χ2n) is 4.48. The highest BCUT2D eigenvalue weighted by atomic mass is 16.1. The molecule has 2 aromatic rings. The lowest BCUT2D eigenvalue weighted by molar-refractivity contribution is 0.974. The van der Waals surface area contributed by atoms with Gasteiger partial charge in [0.1, 0.15) is 5.82 Å². The minimum atomic E-state index is -0.0758. The van der Waals surface area contributed by atoms with Crippen LogP contribution in [0.5, 0.6) is 0 Å². The Bertz CT molecular complexity index is 614. The quantitative estimate of drug-likeness (QED) is 0.853. The van der Waals surface area contributed by atoms with Crippen molar-refractivity contribution in [3.8, 4) is 11.4 Å². The summed E-state index contributed by atoms with van der Waals surface area (Å²) in [6.45, 7) is 1.96. The van der Waals surface area contributed by atoms with Gasteiger partial charge < -0.3 is 4.98 Å². The summed E-state index contributed by atoms with van der Waals surface area (Å²) in [7, 11) is 0. The Morgan fingerprint density at radius 1 is 1.41 bits per heavy atom. The number of aromatic amines is 1. The van der Waals surface area contributed by atoms with Gasteiger partial charge in [0, 0.05) is 29.9 Å². The zero-order chi connectivity index (χ0) is 11.8. The van der Waals surface area contributed by atoms with E-state index in [4.69, 9.17) is 0 Å². The zero-order valence-corrected chi connectivity index (χ0v) is 9.60. The Morgan fingerprint density at radius 3 is 2.94 bits per heavy atom. The highest BCUT2D eigenvalue weighted by Gasteiger charge is 2.26. The molecule has 1 fully saturated rings. The largest absolute Gasteiger partial charge is 0.307 e. The maximum Gasteiger partial charge on any atom is 0.251 e. The van der Waals surface area contributed by atoms with E-state index in [9.17, 15) is 4.79 Å². The van der Waals surface area contributed by atoms with E-state index in [0.717, 1.165) is 29.7 Å². The molecule has 0 radical (unpaired) electrons. The first-order chi connectivity index (χ1) is 8.24. The fraction of sp³-hybridized carbons (Fsp3) is 0.308. The Hall–Kier alpha value is -1.97. The molecule has 1 aliphatic carbocycles. The van der Waals surface area contributed by atoms with Gasteiger partial charge in [-0.3, -0.25) is 9.78 Å². The van der Waals surface area contributed by atoms with Gasteiger partial charge in [0.15, 0.2) is 0 Å². The first kappa shape index (κ1) is 10.2. The predicted molar refractivity (Wildman–Crippen MR) is 64.8 cm³/mol. The molecular formula is C13H13N3O. The van der Waals surface area contributed by atoms with Crippen LogP contribution in [0.3, 0.4) is 0 Å². The second kappa shape index (κ2) is 3.80. The molecule has 2 aromatic heterocycles. The maximum absolute atomic E-state index is 11.6. The van der Waals surface area contributed by atoms with Gasteiger partial charge >= 0.3 is 0 Å². The maximum atomic E-state index is 11.6. The van der Waals surface area contributed by atoms with Crippen LogP contribution >= 0.6 is 0 Å². The minimum Gasteiger partial charge on any atom is -0.307 e. The summed E-state index contributed by atoms with van der Waals surface area (Å²) >= 11 is 0. The van der Waals surface area contributed by atoms with Gasteiger partial charge in [0.2, 0.25) is 0 Å². The molecule has 4 nitrogen and oxygen atoms in total. The third-order valence-electron chi connectivity index (χ3n) is 3.03. The number of H-pyrrole nitrogens is 1. The number of aryl methyl sites for hydroxylation is 1. The van der Waals surface area contributed by atoms with E-state index in [2.05, 4.69) is 15.0 Å². The third-order valence-corrected chi connectivity index (χ3v) is 3.03. The highest BCUT2D eigenvalue weighted by Crippen LogP contribution is 2.38. The molecule has 17 heavy (non-hydrogen) atoms. The van der Waals surface area contributed by atoms with E-state index in [1.54, 1.807) is 18.5 Å². The van der Waals surface area contributed by atoms with Gasteiger partial charge in [-0.2, -0.15) is 0 Å². The summed E-state index contributed by atoms with van der Waals surface area (Å²) < 4.78 is 0. The van der Waals surface area contributed by atoms with E-state index >= 15 is 0 Å². The monoisotopic (exact) mass is 227 g/mol. The van der Waals surface area contributed by atoms with Crippen molar-refractivity contribution in [3.63, 3.8) is 0 Å². The molecule has 4 heteroatoms. The lowest BCUT2D eigenvalue weighted by atomic mass is 10.1. The van der Waals surface area contributed by atoms with Gasteiger partial charge in [-0.1, -0.05) is 0 Å². The minimum absolute atomic E-state index is 0.0758. The Morgan fingerprint density at radius 2 is 2.24 bits per heavy atom. The normalized spacial score (nSPS) is 14.9. The lowest BCUT2D eigenvalue weighted by Crippen LogP contribution is -2.10. The van der Waals surface area contributed by atoms with E-state index < -0.39 is 0 Å². The average molecular weight is 227 g/mol. The van der Waals surface area contributed by atoms with Crippen LogP contribution in [0.4, 0.5) is 0 Å². The van der Waals surface area contributed by atoms with Crippen molar-refractivity contribution in [1.29, 1.82) is 0 Å². The lowest BCUT2D eigenvalue weighted by Gasteiger charge is -2.05. The van der Waals surface area contributed by atoms with Crippen LogP contribution in [0.2, 0.25) is 0 Å². The average Bonchev–Trinajstić information content (AvgIpc) is 3.12. The molecule has 0 amide bonds. The van der Waals surface area contributed by atoms with Crippen LogP contribution in [0, 0.1) is 6.92 Å². The van der Waals surface area contributed by atoms with Crippen molar-refractivity contribution in [2.75, 3.05) is 0 Å². The zero-order valence-electron chi connectivity index (χ0n) is 9.60. The van der Waals surface area contributed by atoms with Crippen molar-refractivity contribution in [1.82, 2.24) is 15.0 Å². The molecular weight excluding hydrogens is 214 g/mol. The molecule has 0 saturated heterocycles.